The maximum atomic E-state index is 11.1. The maximum absolute atomic E-state index is 11.1. The third-order valence-corrected chi connectivity index (χ3v) is 3.64. The normalized spacial score (nSPS) is 10.3. The van der Waals surface area contributed by atoms with Crippen molar-refractivity contribution in [3.8, 4) is 11.5 Å². The summed E-state index contributed by atoms with van der Waals surface area (Å²) in [5.74, 6) is -2.57. The third-order valence-electron chi connectivity index (χ3n) is 2.94. The van der Waals surface area contributed by atoms with E-state index in [4.69, 9.17) is 33.0 Å². The Labute approximate surface area is 139 Å². The molecule has 2 N–H and O–H groups in total. The molecule has 0 saturated heterocycles. The van der Waals surface area contributed by atoms with Crippen molar-refractivity contribution in [1.82, 2.24) is 0 Å². The Morgan fingerprint density at radius 3 is 2.39 bits per heavy atom. The minimum atomic E-state index is -1.52. The lowest BCUT2D eigenvalue weighted by Gasteiger charge is -2.10. The van der Waals surface area contributed by atoms with Gasteiger partial charge in [-0.25, -0.2) is 4.79 Å². The Morgan fingerprint density at radius 2 is 1.87 bits per heavy atom. The zero-order valence-corrected chi connectivity index (χ0v) is 12.8. The van der Waals surface area contributed by atoms with Crippen LogP contribution < -0.4 is 4.74 Å². The van der Waals surface area contributed by atoms with Crippen molar-refractivity contribution in [2.24, 2.45) is 0 Å². The number of phenols is 1. The average molecular weight is 358 g/mol. The Kier molecular flexibility index (Phi) is 4.92. The van der Waals surface area contributed by atoms with Gasteiger partial charge < -0.3 is 14.9 Å². The van der Waals surface area contributed by atoms with E-state index in [0.717, 1.165) is 12.1 Å². The summed E-state index contributed by atoms with van der Waals surface area (Å²) in [6.07, 6.45) is 0. The van der Waals surface area contributed by atoms with E-state index < -0.39 is 27.9 Å². The first-order chi connectivity index (χ1) is 10.8. The maximum Gasteiger partial charge on any atom is 0.339 e. The van der Waals surface area contributed by atoms with E-state index >= 15 is 0 Å². The fraction of sp³-hybridized carbons (Fsp3) is 0.0714. The summed E-state index contributed by atoms with van der Waals surface area (Å²) in [6, 6.07) is 6.73. The minimum absolute atomic E-state index is 0.108. The number of nitrogens with zero attached hydrogens (tertiary/aromatic N) is 1. The fourth-order valence-corrected chi connectivity index (χ4v) is 2.31. The van der Waals surface area contributed by atoms with Crippen molar-refractivity contribution >= 4 is 34.9 Å². The van der Waals surface area contributed by atoms with Gasteiger partial charge in [-0.15, -0.1) is 0 Å². The van der Waals surface area contributed by atoms with E-state index in [1.165, 1.54) is 0 Å². The molecular formula is C14H9Cl2NO6. The summed E-state index contributed by atoms with van der Waals surface area (Å²) in [4.78, 5) is 21.0. The van der Waals surface area contributed by atoms with Crippen LogP contribution in [-0.2, 0) is 6.61 Å². The van der Waals surface area contributed by atoms with E-state index in [1.54, 1.807) is 18.2 Å². The molecule has 0 radical (unpaired) electrons. The van der Waals surface area contributed by atoms with Crippen LogP contribution >= 0.6 is 23.2 Å². The SMILES string of the molecule is O=C(O)c1cc(OCc2c(Cl)cccc2Cl)cc([N+](=O)[O-])c1O. The highest BCUT2D eigenvalue weighted by atomic mass is 35.5. The van der Waals surface area contributed by atoms with Gasteiger partial charge in [0.25, 0.3) is 0 Å². The standard InChI is InChI=1S/C14H9Cl2NO6/c15-10-2-1-3-11(16)9(10)6-23-7-4-8(14(19)20)13(18)12(5-7)17(21)22/h1-5,18H,6H2,(H,19,20). The van der Waals surface area contributed by atoms with Gasteiger partial charge in [0.1, 0.15) is 17.9 Å². The summed E-state index contributed by atoms with van der Waals surface area (Å²) in [6.45, 7) is -0.126. The number of nitro groups is 1. The highest BCUT2D eigenvalue weighted by Crippen LogP contribution is 2.35. The molecular weight excluding hydrogens is 349 g/mol. The molecule has 9 heteroatoms. The van der Waals surface area contributed by atoms with Crippen molar-refractivity contribution in [1.29, 1.82) is 0 Å². The monoisotopic (exact) mass is 357 g/mol. The molecule has 23 heavy (non-hydrogen) atoms. The van der Waals surface area contributed by atoms with Gasteiger partial charge in [-0.05, 0) is 18.2 Å². The molecule has 0 atom stereocenters. The number of hydrogen-bond acceptors (Lipinski definition) is 5. The van der Waals surface area contributed by atoms with E-state index in [2.05, 4.69) is 0 Å². The predicted molar refractivity (Wildman–Crippen MR) is 82.5 cm³/mol. The first-order valence-corrected chi connectivity index (χ1v) is 6.87. The second kappa shape index (κ2) is 6.72. The van der Waals surface area contributed by atoms with Gasteiger partial charge in [-0.3, -0.25) is 10.1 Å². The van der Waals surface area contributed by atoms with Crippen LogP contribution in [0.15, 0.2) is 30.3 Å². The number of halogens is 2. The number of rotatable bonds is 5. The Bertz CT molecular complexity index is 738. The summed E-state index contributed by atoms with van der Waals surface area (Å²) in [7, 11) is 0. The highest BCUT2D eigenvalue weighted by Gasteiger charge is 2.23. The lowest BCUT2D eigenvalue weighted by molar-refractivity contribution is -0.386. The zero-order valence-electron chi connectivity index (χ0n) is 11.3. The largest absolute Gasteiger partial charge is 0.501 e. The predicted octanol–water partition coefficient (Wildman–Crippen LogP) is 3.88. The molecule has 0 aromatic heterocycles. The van der Waals surface area contributed by atoms with Crippen LogP contribution in [0.25, 0.3) is 0 Å². The highest BCUT2D eigenvalue weighted by molar-refractivity contribution is 6.35. The van der Waals surface area contributed by atoms with Gasteiger partial charge in [0, 0.05) is 15.6 Å². The van der Waals surface area contributed by atoms with Crippen molar-refractivity contribution in [3.63, 3.8) is 0 Å². The number of nitro benzene ring substituents is 1. The second-order valence-corrected chi connectivity index (χ2v) is 5.20. The van der Waals surface area contributed by atoms with Crippen LogP contribution in [0.3, 0.4) is 0 Å². The van der Waals surface area contributed by atoms with Crippen LogP contribution in [-0.4, -0.2) is 21.1 Å². The molecule has 0 saturated carbocycles. The van der Waals surface area contributed by atoms with Crippen LogP contribution in [0.1, 0.15) is 15.9 Å². The molecule has 0 bridgehead atoms. The Hall–Kier alpha value is -2.51. The number of aromatic carboxylic acids is 1. The number of carboxylic acid groups (broad SMARTS) is 1. The van der Waals surface area contributed by atoms with Crippen LogP contribution in [0.4, 0.5) is 5.69 Å². The molecule has 120 valence electrons. The number of benzene rings is 2. The summed E-state index contributed by atoms with van der Waals surface area (Å²) >= 11 is 12.0. The second-order valence-electron chi connectivity index (χ2n) is 4.39. The molecule has 0 unspecified atom stereocenters. The van der Waals surface area contributed by atoms with E-state index in [9.17, 15) is 20.0 Å². The van der Waals surface area contributed by atoms with Crippen molar-refractivity contribution in [2.45, 2.75) is 6.61 Å². The van der Waals surface area contributed by atoms with Gasteiger partial charge in [-0.2, -0.15) is 0 Å². The molecule has 2 rings (SSSR count). The minimum Gasteiger partial charge on any atom is -0.501 e. The van der Waals surface area contributed by atoms with Gasteiger partial charge in [0.15, 0.2) is 0 Å². The number of carboxylic acids is 1. The van der Waals surface area contributed by atoms with Crippen LogP contribution in [0, 0.1) is 10.1 Å². The van der Waals surface area contributed by atoms with Gasteiger partial charge in [0.05, 0.1) is 11.0 Å². The van der Waals surface area contributed by atoms with E-state index in [0.29, 0.717) is 15.6 Å². The van der Waals surface area contributed by atoms with Crippen molar-refractivity contribution < 1.29 is 24.7 Å². The smallest absolute Gasteiger partial charge is 0.339 e. The zero-order chi connectivity index (χ0) is 17.1. The third kappa shape index (κ3) is 3.64. The molecule has 0 aliphatic heterocycles. The number of ether oxygens (including phenoxy) is 1. The molecule has 2 aromatic carbocycles. The molecule has 0 aliphatic rings. The van der Waals surface area contributed by atoms with E-state index in [-0.39, 0.29) is 12.4 Å². The van der Waals surface area contributed by atoms with Gasteiger partial charge >= 0.3 is 11.7 Å². The van der Waals surface area contributed by atoms with Crippen LogP contribution in [0.2, 0.25) is 10.0 Å². The van der Waals surface area contributed by atoms with E-state index in [1.807, 2.05) is 0 Å². The fourth-order valence-electron chi connectivity index (χ4n) is 1.80. The molecule has 0 fully saturated rings. The first-order valence-electron chi connectivity index (χ1n) is 6.11. The van der Waals surface area contributed by atoms with Gasteiger partial charge in [0.2, 0.25) is 5.75 Å². The first kappa shape index (κ1) is 16.9. The molecule has 7 nitrogen and oxygen atoms in total. The number of aromatic hydroxyl groups is 1. The molecule has 0 spiro atoms. The Balaban J connectivity index is 2.37. The molecule has 0 heterocycles. The summed E-state index contributed by atoms with van der Waals surface area (Å²) in [5.41, 5.74) is -0.965. The average Bonchev–Trinajstić information content (AvgIpc) is 2.47. The summed E-state index contributed by atoms with van der Waals surface area (Å²) in [5, 5.41) is 30.2. The lowest BCUT2D eigenvalue weighted by Crippen LogP contribution is -2.03. The van der Waals surface area contributed by atoms with Gasteiger partial charge in [-0.1, -0.05) is 29.3 Å². The molecule has 0 aliphatic carbocycles. The lowest BCUT2D eigenvalue weighted by atomic mass is 10.1. The quantitative estimate of drug-likeness (QED) is 0.620. The van der Waals surface area contributed by atoms with Crippen LogP contribution in [0.5, 0.6) is 11.5 Å². The summed E-state index contributed by atoms with van der Waals surface area (Å²) < 4.78 is 5.34. The topological polar surface area (TPSA) is 110 Å². The Morgan fingerprint density at radius 1 is 1.26 bits per heavy atom. The molecule has 0 amide bonds. The van der Waals surface area contributed by atoms with Crippen molar-refractivity contribution in [2.75, 3.05) is 0 Å². The van der Waals surface area contributed by atoms with Crippen molar-refractivity contribution in [3.05, 3.63) is 61.6 Å². The number of carbonyl (C=O) groups is 1. The molecule has 2 aromatic rings. The number of hydrogen-bond donors (Lipinski definition) is 2.